The predicted molar refractivity (Wildman–Crippen MR) is 120 cm³/mol. The van der Waals surface area contributed by atoms with Crippen molar-refractivity contribution in [2.75, 3.05) is 33.3 Å². The summed E-state index contributed by atoms with van der Waals surface area (Å²) in [6, 6.07) is 12.5. The summed E-state index contributed by atoms with van der Waals surface area (Å²) in [5, 5.41) is 2.98. The lowest BCUT2D eigenvalue weighted by atomic mass is 10.1. The Labute approximate surface area is 186 Å². The van der Waals surface area contributed by atoms with Crippen LogP contribution in [0.25, 0.3) is 16.9 Å². The molecule has 0 spiro atoms. The van der Waals surface area contributed by atoms with Gasteiger partial charge in [-0.15, -0.1) is 0 Å². The molecule has 0 atom stereocenters. The van der Waals surface area contributed by atoms with Gasteiger partial charge >= 0.3 is 0 Å². The second kappa shape index (κ2) is 9.53. The van der Waals surface area contributed by atoms with Crippen molar-refractivity contribution in [3.8, 4) is 22.7 Å². The van der Waals surface area contributed by atoms with Crippen molar-refractivity contribution in [3.05, 3.63) is 71.4 Å². The van der Waals surface area contributed by atoms with Crippen LogP contribution >= 0.6 is 0 Å². The molecular formula is C25H27F2N3O2. The minimum atomic E-state index is -0.695. The minimum absolute atomic E-state index is 0.186. The van der Waals surface area contributed by atoms with E-state index in [0.29, 0.717) is 29.2 Å². The Morgan fingerprint density at radius 3 is 2.44 bits per heavy atom. The fourth-order valence-electron chi connectivity index (χ4n) is 4.21. The van der Waals surface area contributed by atoms with Gasteiger partial charge in [-0.05, 0) is 80.9 Å². The smallest absolute Gasteiger partial charge is 0.253 e. The van der Waals surface area contributed by atoms with E-state index in [0.717, 1.165) is 31.3 Å². The number of amides is 1. The lowest BCUT2D eigenvalue weighted by molar-refractivity contribution is 0.0949. The molecule has 3 aromatic rings. The molecule has 0 aliphatic carbocycles. The molecule has 1 aliphatic rings. The lowest BCUT2D eigenvalue weighted by Gasteiger charge is -2.15. The van der Waals surface area contributed by atoms with Gasteiger partial charge in [-0.1, -0.05) is 0 Å². The van der Waals surface area contributed by atoms with Crippen molar-refractivity contribution in [3.63, 3.8) is 0 Å². The predicted octanol–water partition coefficient (Wildman–Crippen LogP) is 4.57. The normalized spacial score (nSPS) is 14.0. The maximum Gasteiger partial charge on any atom is 0.253 e. The van der Waals surface area contributed by atoms with Gasteiger partial charge in [0, 0.05) is 24.8 Å². The summed E-state index contributed by atoms with van der Waals surface area (Å²) < 4.78 is 35.2. The van der Waals surface area contributed by atoms with E-state index in [1.54, 1.807) is 36.8 Å². The first-order valence-electron chi connectivity index (χ1n) is 10.8. The van der Waals surface area contributed by atoms with Crippen molar-refractivity contribution in [1.82, 2.24) is 14.8 Å². The maximum absolute atomic E-state index is 14.7. The zero-order chi connectivity index (χ0) is 22.7. The summed E-state index contributed by atoms with van der Waals surface area (Å²) in [7, 11) is 1.58. The third-order valence-corrected chi connectivity index (χ3v) is 5.94. The molecule has 1 aromatic heterocycles. The van der Waals surface area contributed by atoms with E-state index in [4.69, 9.17) is 4.74 Å². The van der Waals surface area contributed by atoms with E-state index in [1.807, 2.05) is 12.1 Å². The molecule has 0 radical (unpaired) electrons. The summed E-state index contributed by atoms with van der Waals surface area (Å²) in [5.74, 6) is -0.865. The van der Waals surface area contributed by atoms with Gasteiger partial charge in [-0.2, -0.15) is 0 Å². The van der Waals surface area contributed by atoms with E-state index >= 15 is 0 Å². The highest BCUT2D eigenvalue weighted by molar-refractivity contribution is 5.97. The van der Waals surface area contributed by atoms with Crippen LogP contribution in [0, 0.1) is 18.6 Å². The number of likely N-dealkylation sites (tertiary alicyclic amines) is 1. The molecule has 0 unspecified atom stereocenters. The number of aromatic nitrogens is 1. The number of rotatable bonds is 7. The molecule has 0 saturated carbocycles. The first-order valence-corrected chi connectivity index (χ1v) is 10.8. The molecule has 168 valence electrons. The summed E-state index contributed by atoms with van der Waals surface area (Å²) in [6.45, 7) is 5.26. The van der Waals surface area contributed by atoms with Gasteiger partial charge in [0.05, 0.1) is 24.1 Å². The third kappa shape index (κ3) is 4.53. The SMILES string of the molecule is COc1ccc(-c2cc(C(=O)NCCN3CCCC3)c(C)n2-c2ccc(F)cc2F)cc1. The zero-order valence-electron chi connectivity index (χ0n) is 18.3. The van der Waals surface area contributed by atoms with E-state index < -0.39 is 11.6 Å². The van der Waals surface area contributed by atoms with Gasteiger partial charge < -0.3 is 19.5 Å². The number of nitrogens with one attached hydrogen (secondary N) is 1. The second-order valence-corrected chi connectivity index (χ2v) is 7.99. The van der Waals surface area contributed by atoms with Crippen LogP contribution in [-0.2, 0) is 0 Å². The summed E-state index contributed by atoms with van der Waals surface area (Å²) >= 11 is 0. The number of carbonyl (C=O) groups excluding carboxylic acids is 1. The number of benzene rings is 2. The molecule has 2 heterocycles. The van der Waals surface area contributed by atoms with E-state index in [1.165, 1.54) is 25.0 Å². The van der Waals surface area contributed by atoms with Crippen LogP contribution in [0.3, 0.4) is 0 Å². The molecule has 1 aliphatic heterocycles. The van der Waals surface area contributed by atoms with Crippen molar-refractivity contribution in [2.45, 2.75) is 19.8 Å². The molecule has 1 fully saturated rings. The molecule has 0 bridgehead atoms. The molecule has 2 aromatic carbocycles. The molecule has 32 heavy (non-hydrogen) atoms. The van der Waals surface area contributed by atoms with E-state index in [2.05, 4.69) is 10.2 Å². The third-order valence-electron chi connectivity index (χ3n) is 5.94. The Balaban J connectivity index is 1.69. The lowest BCUT2D eigenvalue weighted by Crippen LogP contribution is -2.33. The van der Waals surface area contributed by atoms with Crippen molar-refractivity contribution in [1.29, 1.82) is 0 Å². The molecule has 1 N–H and O–H groups in total. The summed E-state index contributed by atoms with van der Waals surface area (Å²) in [6.07, 6.45) is 2.40. The molecule has 4 rings (SSSR count). The van der Waals surface area contributed by atoms with Gasteiger partial charge in [0.2, 0.25) is 0 Å². The monoisotopic (exact) mass is 439 g/mol. The van der Waals surface area contributed by atoms with Gasteiger partial charge in [-0.3, -0.25) is 4.79 Å². The average Bonchev–Trinajstić information content (AvgIpc) is 3.42. The highest BCUT2D eigenvalue weighted by atomic mass is 19.1. The Morgan fingerprint density at radius 1 is 1.06 bits per heavy atom. The van der Waals surface area contributed by atoms with Crippen LogP contribution in [0.2, 0.25) is 0 Å². The van der Waals surface area contributed by atoms with Crippen molar-refractivity contribution >= 4 is 5.91 Å². The number of halogens is 2. The average molecular weight is 440 g/mol. The van der Waals surface area contributed by atoms with E-state index in [9.17, 15) is 13.6 Å². The van der Waals surface area contributed by atoms with Crippen molar-refractivity contribution < 1.29 is 18.3 Å². The number of ether oxygens (including phenoxy) is 1. The minimum Gasteiger partial charge on any atom is -0.497 e. The standard InChI is InChI=1S/C25H27F2N3O2/c1-17-21(25(31)28-11-14-29-12-3-4-13-29)16-24(18-5-8-20(32-2)9-6-18)30(17)23-10-7-19(26)15-22(23)27/h5-10,15-16H,3-4,11-14H2,1-2H3,(H,28,31). The second-order valence-electron chi connectivity index (χ2n) is 7.99. The summed E-state index contributed by atoms with van der Waals surface area (Å²) in [4.78, 5) is 15.3. The first-order chi connectivity index (χ1) is 15.5. The van der Waals surface area contributed by atoms with Gasteiger partial charge in [0.25, 0.3) is 5.91 Å². The van der Waals surface area contributed by atoms with Crippen LogP contribution in [0.1, 0.15) is 28.9 Å². The number of carbonyl (C=O) groups is 1. The largest absolute Gasteiger partial charge is 0.497 e. The molecule has 1 saturated heterocycles. The fourth-order valence-corrected chi connectivity index (χ4v) is 4.21. The molecule has 7 heteroatoms. The van der Waals surface area contributed by atoms with E-state index in [-0.39, 0.29) is 11.6 Å². The highest BCUT2D eigenvalue weighted by Gasteiger charge is 2.22. The van der Waals surface area contributed by atoms with Gasteiger partial charge in [0.15, 0.2) is 0 Å². The van der Waals surface area contributed by atoms with Crippen LogP contribution in [0.5, 0.6) is 5.75 Å². The van der Waals surface area contributed by atoms with Gasteiger partial charge in [-0.25, -0.2) is 8.78 Å². The van der Waals surface area contributed by atoms with Crippen LogP contribution in [-0.4, -0.2) is 48.7 Å². The van der Waals surface area contributed by atoms with Gasteiger partial charge in [0.1, 0.15) is 17.4 Å². The Hall–Kier alpha value is -3.19. The van der Waals surface area contributed by atoms with Crippen LogP contribution in [0.15, 0.2) is 48.5 Å². The Bertz CT molecular complexity index is 1100. The van der Waals surface area contributed by atoms with Crippen molar-refractivity contribution in [2.24, 2.45) is 0 Å². The number of hydrogen-bond donors (Lipinski definition) is 1. The van der Waals surface area contributed by atoms with Crippen LogP contribution < -0.4 is 10.1 Å². The summed E-state index contributed by atoms with van der Waals surface area (Å²) in [5.41, 5.74) is 2.65. The number of nitrogens with zero attached hydrogens (tertiary/aromatic N) is 2. The maximum atomic E-state index is 14.7. The zero-order valence-corrected chi connectivity index (χ0v) is 18.3. The quantitative estimate of drug-likeness (QED) is 0.587. The highest BCUT2D eigenvalue weighted by Crippen LogP contribution is 2.32. The molecule has 1 amide bonds. The Morgan fingerprint density at radius 2 is 1.78 bits per heavy atom. The first kappa shape index (κ1) is 22.0. The number of methoxy groups -OCH3 is 1. The van der Waals surface area contributed by atoms with Crippen LogP contribution in [0.4, 0.5) is 8.78 Å². The number of hydrogen-bond acceptors (Lipinski definition) is 3. The fraction of sp³-hybridized carbons (Fsp3) is 0.320. The Kier molecular flexibility index (Phi) is 6.55. The molecule has 5 nitrogen and oxygen atoms in total. The topological polar surface area (TPSA) is 46.5 Å². The molecular weight excluding hydrogens is 412 g/mol.